The van der Waals surface area contributed by atoms with Crippen molar-refractivity contribution in [1.29, 1.82) is 0 Å². The van der Waals surface area contributed by atoms with Crippen LogP contribution in [0.4, 0.5) is 5.69 Å². The van der Waals surface area contributed by atoms with Crippen LogP contribution in [0.3, 0.4) is 0 Å². The Kier molecular flexibility index (Phi) is 4.56. The van der Waals surface area contributed by atoms with Crippen molar-refractivity contribution in [3.8, 4) is 0 Å². The van der Waals surface area contributed by atoms with Gasteiger partial charge < -0.3 is 0 Å². The first kappa shape index (κ1) is 15.5. The highest BCUT2D eigenvalue weighted by Gasteiger charge is 2.24. The molecule has 0 unspecified atom stereocenters. The molecular formula is C14H13Br2NO2S. The zero-order valence-electron chi connectivity index (χ0n) is 11.0. The highest BCUT2D eigenvalue weighted by atomic mass is 79.9. The molecule has 6 heteroatoms. The number of sulfonamides is 1. The molecule has 106 valence electrons. The number of anilines is 1. The summed E-state index contributed by atoms with van der Waals surface area (Å²) in [7, 11) is -2.05. The summed E-state index contributed by atoms with van der Waals surface area (Å²) < 4.78 is 27.9. The highest BCUT2D eigenvalue weighted by Crippen LogP contribution is 2.30. The van der Waals surface area contributed by atoms with Crippen LogP contribution in [0.25, 0.3) is 0 Å². The molecule has 0 radical (unpaired) electrons. The minimum Gasteiger partial charge on any atom is -0.269 e. The molecule has 0 spiro atoms. The zero-order chi connectivity index (χ0) is 14.9. The number of benzene rings is 2. The summed E-state index contributed by atoms with van der Waals surface area (Å²) in [5.41, 5.74) is 1.71. The van der Waals surface area contributed by atoms with Gasteiger partial charge >= 0.3 is 0 Å². The second-order valence-corrected chi connectivity index (χ2v) is 8.09. The molecule has 0 aliphatic carbocycles. The van der Waals surface area contributed by atoms with E-state index in [0.717, 1.165) is 10.0 Å². The Morgan fingerprint density at radius 2 is 1.60 bits per heavy atom. The molecule has 2 rings (SSSR count). The predicted octanol–water partition coefficient (Wildman–Crippen LogP) is 4.35. The maximum absolute atomic E-state index is 12.7. The van der Waals surface area contributed by atoms with Crippen LogP contribution in [0.2, 0.25) is 0 Å². The van der Waals surface area contributed by atoms with Gasteiger partial charge in [-0.3, -0.25) is 4.31 Å². The number of halogens is 2. The third-order valence-electron chi connectivity index (χ3n) is 2.93. The van der Waals surface area contributed by atoms with Gasteiger partial charge in [-0.1, -0.05) is 33.6 Å². The number of aryl methyl sites for hydroxylation is 1. The number of hydrogen-bond acceptors (Lipinski definition) is 2. The Balaban J connectivity index is 2.49. The first-order chi connectivity index (χ1) is 9.32. The lowest BCUT2D eigenvalue weighted by Crippen LogP contribution is -2.26. The highest BCUT2D eigenvalue weighted by molar-refractivity contribution is 9.11. The Labute approximate surface area is 135 Å². The van der Waals surface area contributed by atoms with Gasteiger partial charge in [-0.2, -0.15) is 0 Å². The molecule has 2 aromatic carbocycles. The van der Waals surface area contributed by atoms with Crippen LogP contribution in [0, 0.1) is 6.92 Å². The lowest BCUT2D eigenvalue weighted by atomic mass is 10.2. The van der Waals surface area contributed by atoms with Gasteiger partial charge in [-0.05, 0) is 53.2 Å². The maximum Gasteiger partial charge on any atom is 0.265 e. The van der Waals surface area contributed by atoms with Crippen molar-refractivity contribution in [3.63, 3.8) is 0 Å². The first-order valence-corrected chi connectivity index (χ1v) is 8.85. The lowest BCUT2D eigenvalue weighted by molar-refractivity contribution is 0.594. The predicted molar refractivity (Wildman–Crippen MR) is 88.6 cm³/mol. The van der Waals surface area contributed by atoms with Crippen molar-refractivity contribution < 1.29 is 8.42 Å². The molecule has 0 aliphatic heterocycles. The average Bonchev–Trinajstić information content (AvgIpc) is 2.41. The summed E-state index contributed by atoms with van der Waals surface area (Å²) >= 11 is 6.59. The SMILES string of the molecule is Cc1ccc(N(C)S(=O)(=O)c2cc(Br)ccc2Br)cc1. The Hall–Kier alpha value is -0.850. The first-order valence-electron chi connectivity index (χ1n) is 5.83. The van der Waals surface area contributed by atoms with E-state index in [1.165, 1.54) is 4.31 Å². The third-order valence-corrected chi connectivity index (χ3v) is 6.20. The minimum atomic E-state index is -3.60. The second-order valence-electron chi connectivity index (χ2n) is 4.38. The van der Waals surface area contributed by atoms with E-state index in [0.29, 0.717) is 10.2 Å². The van der Waals surface area contributed by atoms with Gasteiger partial charge in [0.15, 0.2) is 0 Å². The Bertz CT molecular complexity index is 727. The van der Waals surface area contributed by atoms with Gasteiger partial charge in [0.2, 0.25) is 0 Å². The van der Waals surface area contributed by atoms with Crippen LogP contribution in [-0.2, 0) is 10.0 Å². The fourth-order valence-corrected chi connectivity index (χ4v) is 4.37. The van der Waals surface area contributed by atoms with Crippen LogP contribution >= 0.6 is 31.9 Å². The molecule has 0 atom stereocenters. The maximum atomic E-state index is 12.7. The van der Waals surface area contributed by atoms with Crippen molar-refractivity contribution in [2.24, 2.45) is 0 Å². The molecule has 0 N–H and O–H groups in total. The van der Waals surface area contributed by atoms with Gasteiger partial charge in [0.05, 0.1) is 5.69 Å². The fraction of sp³-hybridized carbons (Fsp3) is 0.143. The van der Waals surface area contributed by atoms with E-state index in [1.54, 1.807) is 37.4 Å². The topological polar surface area (TPSA) is 37.4 Å². The van der Waals surface area contributed by atoms with Crippen LogP contribution in [0.15, 0.2) is 56.3 Å². The quantitative estimate of drug-likeness (QED) is 0.743. The third kappa shape index (κ3) is 3.07. The van der Waals surface area contributed by atoms with E-state index < -0.39 is 10.0 Å². The lowest BCUT2D eigenvalue weighted by Gasteiger charge is -2.20. The molecule has 0 fully saturated rings. The van der Waals surface area contributed by atoms with Crippen LogP contribution < -0.4 is 4.31 Å². The summed E-state index contributed by atoms with van der Waals surface area (Å²) in [5.74, 6) is 0. The van der Waals surface area contributed by atoms with E-state index in [2.05, 4.69) is 31.9 Å². The molecule has 0 aliphatic rings. The summed E-state index contributed by atoms with van der Waals surface area (Å²) in [5, 5.41) is 0. The minimum absolute atomic E-state index is 0.231. The van der Waals surface area contributed by atoms with Crippen molar-refractivity contribution in [2.45, 2.75) is 11.8 Å². The molecule has 2 aromatic rings. The van der Waals surface area contributed by atoms with Gasteiger partial charge in [0.1, 0.15) is 4.90 Å². The van der Waals surface area contributed by atoms with E-state index in [9.17, 15) is 8.42 Å². The van der Waals surface area contributed by atoms with E-state index in [4.69, 9.17) is 0 Å². The van der Waals surface area contributed by atoms with E-state index >= 15 is 0 Å². The molecule has 0 saturated heterocycles. The molecule has 0 saturated carbocycles. The molecule has 0 aromatic heterocycles. The Morgan fingerprint density at radius 3 is 2.20 bits per heavy atom. The smallest absolute Gasteiger partial charge is 0.265 e. The van der Waals surface area contributed by atoms with Crippen molar-refractivity contribution in [3.05, 3.63) is 57.0 Å². The summed E-state index contributed by atoms with van der Waals surface area (Å²) in [4.78, 5) is 0.231. The normalized spacial score (nSPS) is 11.4. The number of hydrogen-bond donors (Lipinski definition) is 0. The average molecular weight is 419 g/mol. The van der Waals surface area contributed by atoms with Crippen molar-refractivity contribution in [2.75, 3.05) is 11.4 Å². The van der Waals surface area contributed by atoms with E-state index in [1.807, 2.05) is 19.1 Å². The molecule has 0 bridgehead atoms. The summed E-state index contributed by atoms with van der Waals surface area (Å²) in [6.45, 7) is 1.96. The fourth-order valence-electron chi connectivity index (χ4n) is 1.72. The monoisotopic (exact) mass is 417 g/mol. The summed E-state index contributed by atoms with van der Waals surface area (Å²) in [6, 6.07) is 12.4. The molecule has 0 heterocycles. The standard InChI is InChI=1S/C14H13Br2NO2S/c1-10-3-6-12(7-4-10)17(2)20(18,19)14-9-11(15)5-8-13(14)16/h3-9H,1-2H3. The Morgan fingerprint density at radius 1 is 1.00 bits per heavy atom. The molecular weight excluding hydrogens is 406 g/mol. The van der Waals surface area contributed by atoms with Gasteiger partial charge in [-0.15, -0.1) is 0 Å². The van der Waals surface area contributed by atoms with Crippen molar-refractivity contribution >= 4 is 47.6 Å². The second kappa shape index (κ2) is 5.87. The van der Waals surface area contributed by atoms with E-state index in [-0.39, 0.29) is 4.90 Å². The number of rotatable bonds is 3. The van der Waals surface area contributed by atoms with Gasteiger partial charge in [0, 0.05) is 16.0 Å². The largest absolute Gasteiger partial charge is 0.269 e. The zero-order valence-corrected chi connectivity index (χ0v) is 15.0. The molecule has 0 amide bonds. The van der Waals surface area contributed by atoms with Gasteiger partial charge in [-0.25, -0.2) is 8.42 Å². The summed E-state index contributed by atoms with van der Waals surface area (Å²) in [6.07, 6.45) is 0. The van der Waals surface area contributed by atoms with Crippen LogP contribution in [0.1, 0.15) is 5.56 Å². The van der Waals surface area contributed by atoms with Crippen LogP contribution in [0.5, 0.6) is 0 Å². The molecule has 3 nitrogen and oxygen atoms in total. The number of nitrogens with zero attached hydrogens (tertiary/aromatic N) is 1. The van der Waals surface area contributed by atoms with Crippen LogP contribution in [-0.4, -0.2) is 15.5 Å². The van der Waals surface area contributed by atoms with Gasteiger partial charge in [0.25, 0.3) is 10.0 Å². The molecule has 20 heavy (non-hydrogen) atoms. The van der Waals surface area contributed by atoms with Crippen molar-refractivity contribution in [1.82, 2.24) is 0 Å².